The summed E-state index contributed by atoms with van der Waals surface area (Å²) in [5.74, 6) is 0. The average Bonchev–Trinajstić information content (AvgIpc) is 2.37. The van der Waals surface area contributed by atoms with Crippen molar-refractivity contribution < 1.29 is 5.11 Å². The first-order valence-corrected chi connectivity index (χ1v) is 7.58. The van der Waals surface area contributed by atoms with E-state index in [1.807, 2.05) is 49.4 Å². The summed E-state index contributed by atoms with van der Waals surface area (Å²) in [5.41, 5.74) is 2.65. The maximum atomic E-state index is 10.4. The van der Waals surface area contributed by atoms with E-state index in [1.54, 1.807) is 11.8 Å². The smallest absolute Gasteiger partial charge is 0.106 e. The van der Waals surface area contributed by atoms with Gasteiger partial charge < -0.3 is 5.11 Å². The normalized spacial score (nSPS) is 13.2. The van der Waals surface area contributed by atoms with Crippen molar-refractivity contribution in [2.75, 3.05) is 0 Å². The Labute approximate surface area is 125 Å². The van der Waals surface area contributed by atoms with Crippen LogP contribution in [0.4, 0.5) is 0 Å². The molecule has 0 amide bonds. The Hall–Kier alpha value is -1.32. The molecule has 106 valence electrons. The van der Waals surface area contributed by atoms with Gasteiger partial charge in [0.05, 0.1) is 5.03 Å². The van der Waals surface area contributed by atoms with Gasteiger partial charge in [0, 0.05) is 16.0 Å². The third-order valence-corrected chi connectivity index (χ3v) is 3.97. The van der Waals surface area contributed by atoms with Crippen LogP contribution < -0.4 is 0 Å². The fourth-order valence-electron chi connectivity index (χ4n) is 2.02. The highest BCUT2D eigenvalue weighted by molar-refractivity contribution is 8.00. The van der Waals surface area contributed by atoms with E-state index in [1.165, 1.54) is 0 Å². The standard InChI is InChI=1S/C17H21NOS/c1-12-14(16(19)13-8-6-5-7-9-13)10-11-15(18-12)20-17(2,3)4/h5-11,16,19H,1-4H3/t16-/m1/s1. The maximum absolute atomic E-state index is 10.4. The second kappa shape index (κ2) is 5.98. The fraction of sp³-hybridized carbons (Fsp3) is 0.353. The zero-order valence-corrected chi connectivity index (χ0v) is 13.2. The Balaban J connectivity index is 2.26. The molecule has 0 aliphatic heterocycles. The molecule has 20 heavy (non-hydrogen) atoms. The van der Waals surface area contributed by atoms with Crippen LogP contribution in [0.25, 0.3) is 0 Å². The van der Waals surface area contributed by atoms with Crippen LogP contribution in [0.3, 0.4) is 0 Å². The van der Waals surface area contributed by atoms with Gasteiger partial charge >= 0.3 is 0 Å². The first-order valence-electron chi connectivity index (χ1n) is 6.76. The molecule has 0 radical (unpaired) electrons. The van der Waals surface area contributed by atoms with Crippen molar-refractivity contribution >= 4 is 11.8 Å². The van der Waals surface area contributed by atoms with Crippen molar-refractivity contribution in [3.05, 3.63) is 59.3 Å². The lowest BCUT2D eigenvalue weighted by Gasteiger charge is -2.19. The Morgan fingerprint density at radius 2 is 1.70 bits per heavy atom. The van der Waals surface area contributed by atoms with Gasteiger partial charge in [0.15, 0.2) is 0 Å². The molecule has 1 heterocycles. The van der Waals surface area contributed by atoms with Crippen molar-refractivity contribution in [3.8, 4) is 0 Å². The SMILES string of the molecule is Cc1nc(SC(C)(C)C)ccc1[C@H](O)c1ccccc1. The van der Waals surface area contributed by atoms with Gasteiger partial charge in [-0.1, -0.05) is 57.2 Å². The summed E-state index contributed by atoms with van der Waals surface area (Å²) >= 11 is 1.74. The van der Waals surface area contributed by atoms with E-state index < -0.39 is 6.10 Å². The van der Waals surface area contributed by atoms with Gasteiger partial charge in [-0.25, -0.2) is 4.98 Å². The second-order valence-corrected chi connectivity index (χ2v) is 7.70. The molecule has 2 nitrogen and oxygen atoms in total. The third kappa shape index (κ3) is 3.84. The van der Waals surface area contributed by atoms with Crippen LogP contribution in [0.5, 0.6) is 0 Å². The number of aromatic nitrogens is 1. The van der Waals surface area contributed by atoms with E-state index in [9.17, 15) is 5.11 Å². The maximum Gasteiger partial charge on any atom is 0.106 e. The summed E-state index contributed by atoms with van der Waals surface area (Å²) in [4.78, 5) is 4.61. The van der Waals surface area contributed by atoms with Crippen molar-refractivity contribution in [1.29, 1.82) is 0 Å². The highest BCUT2D eigenvalue weighted by atomic mass is 32.2. The summed E-state index contributed by atoms with van der Waals surface area (Å²) in [7, 11) is 0. The molecule has 2 aromatic rings. The summed E-state index contributed by atoms with van der Waals surface area (Å²) in [5, 5.41) is 11.4. The van der Waals surface area contributed by atoms with E-state index in [0.717, 1.165) is 21.8 Å². The van der Waals surface area contributed by atoms with Gasteiger partial charge in [-0.2, -0.15) is 0 Å². The van der Waals surface area contributed by atoms with Crippen molar-refractivity contribution in [3.63, 3.8) is 0 Å². The number of benzene rings is 1. The fourth-order valence-corrected chi connectivity index (χ4v) is 2.97. The van der Waals surface area contributed by atoms with Crippen LogP contribution in [-0.4, -0.2) is 14.8 Å². The lowest BCUT2D eigenvalue weighted by atomic mass is 10.0. The first kappa shape index (κ1) is 15.1. The van der Waals surface area contributed by atoms with Gasteiger partial charge in [0.2, 0.25) is 0 Å². The lowest BCUT2D eigenvalue weighted by Crippen LogP contribution is -2.09. The highest BCUT2D eigenvalue weighted by Gasteiger charge is 2.17. The van der Waals surface area contributed by atoms with Crippen molar-refractivity contribution in [2.24, 2.45) is 0 Å². The molecule has 0 aliphatic carbocycles. The van der Waals surface area contributed by atoms with E-state index in [4.69, 9.17) is 0 Å². The molecule has 0 saturated heterocycles. The summed E-state index contributed by atoms with van der Waals surface area (Å²) in [6.07, 6.45) is -0.614. The molecule has 2 rings (SSSR count). The van der Waals surface area contributed by atoms with Gasteiger partial charge in [-0.3, -0.25) is 0 Å². The molecule has 1 aromatic carbocycles. The molecule has 0 spiro atoms. The molecule has 1 aromatic heterocycles. The third-order valence-electron chi connectivity index (χ3n) is 2.92. The van der Waals surface area contributed by atoms with Crippen LogP contribution in [0, 0.1) is 6.92 Å². The van der Waals surface area contributed by atoms with E-state index in [0.29, 0.717) is 0 Å². The predicted octanol–water partition coefficient (Wildman–Crippen LogP) is 4.36. The zero-order valence-electron chi connectivity index (χ0n) is 12.4. The Morgan fingerprint density at radius 1 is 1.05 bits per heavy atom. The molecule has 0 fully saturated rings. The minimum Gasteiger partial charge on any atom is -0.384 e. The lowest BCUT2D eigenvalue weighted by molar-refractivity contribution is 0.219. The first-order chi connectivity index (χ1) is 9.37. The number of rotatable bonds is 3. The number of hydrogen-bond donors (Lipinski definition) is 1. The van der Waals surface area contributed by atoms with Crippen LogP contribution in [0.2, 0.25) is 0 Å². The number of thioether (sulfide) groups is 1. The number of pyridine rings is 1. The van der Waals surface area contributed by atoms with Gasteiger partial charge in [0.25, 0.3) is 0 Å². The Kier molecular flexibility index (Phi) is 4.51. The minimum atomic E-state index is -0.614. The molecule has 1 atom stereocenters. The second-order valence-electron chi connectivity index (χ2n) is 5.85. The number of hydrogen-bond acceptors (Lipinski definition) is 3. The van der Waals surface area contributed by atoms with Crippen molar-refractivity contribution in [1.82, 2.24) is 4.98 Å². The Morgan fingerprint density at radius 3 is 2.25 bits per heavy atom. The molecule has 3 heteroatoms. The topological polar surface area (TPSA) is 33.1 Å². The van der Waals surface area contributed by atoms with Crippen LogP contribution in [-0.2, 0) is 0 Å². The van der Waals surface area contributed by atoms with Crippen LogP contribution >= 0.6 is 11.8 Å². The van der Waals surface area contributed by atoms with E-state index in [2.05, 4.69) is 25.8 Å². The van der Waals surface area contributed by atoms with Crippen molar-refractivity contribution in [2.45, 2.75) is 43.6 Å². The van der Waals surface area contributed by atoms with Crippen LogP contribution in [0.1, 0.15) is 43.7 Å². The molecular formula is C17H21NOS. The van der Waals surface area contributed by atoms with Gasteiger partial charge in [-0.05, 0) is 18.6 Å². The quantitative estimate of drug-likeness (QED) is 0.851. The molecule has 1 N–H and O–H groups in total. The molecule has 0 aliphatic rings. The monoisotopic (exact) mass is 287 g/mol. The number of nitrogens with zero attached hydrogens (tertiary/aromatic N) is 1. The number of aliphatic hydroxyl groups excluding tert-OH is 1. The van der Waals surface area contributed by atoms with E-state index in [-0.39, 0.29) is 4.75 Å². The largest absolute Gasteiger partial charge is 0.384 e. The van der Waals surface area contributed by atoms with E-state index >= 15 is 0 Å². The highest BCUT2D eigenvalue weighted by Crippen LogP contribution is 2.32. The predicted molar refractivity (Wildman–Crippen MR) is 85.1 cm³/mol. The zero-order chi connectivity index (χ0) is 14.8. The number of aliphatic hydroxyl groups is 1. The summed E-state index contributed by atoms with van der Waals surface area (Å²) in [6.45, 7) is 8.46. The Bertz CT molecular complexity index is 575. The minimum absolute atomic E-state index is 0.138. The summed E-state index contributed by atoms with van der Waals surface area (Å²) < 4.78 is 0.138. The average molecular weight is 287 g/mol. The summed E-state index contributed by atoms with van der Waals surface area (Å²) in [6, 6.07) is 13.7. The van der Waals surface area contributed by atoms with Gasteiger partial charge in [-0.15, -0.1) is 11.8 Å². The van der Waals surface area contributed by atoms with Gasteiger partial charge in [0.1, 0.15) is 6.10 Å². The molecular weight excluding hydrogens is 266 g/mol. The molecule has 0 unspecified atom stereocenters. The molecule has 0 saturated carbocycles. The molecule has 0 bridgehead atoms. The number of aryl methyl sites for hydroxylation is 1. The van der Waals surface area contributed by atoms with Crippen LogP contribution in [0.15, 0.2) is 47.5 Å².